The maximum atomic E-state index is 12.4. The lowest BCUT2D eigenvalue weighted by Gasteiger charge is -2.13. The molecule has 1 aromatic rings. The first-order chi connectivity index (χ1) is 9.34. The van der Waals surface area contributed by atoms with Crippen LogP contribution in [0.25, 0.3) is 0 Å². The van der Waals surface area contributed by atoms with Crippen molar-refractivity contribution in [3.05, 3.63) is 35.4 Å². The molecule has 6 heteroatoms. The molecule has 110 valence electrons. The van der Waals surface area contributed by atoms with Crippen molar-refractivity contribution in [1.82, 2.24) is 4.90 Å². The average molecular weight is 287 g/mol. The smallest absolute Gasteiger partial charge is 0.416 e. The van der Waals surface area contributed by atoms with E-state index in [1.54, 1.807) is 0 Å². The van der Waals surface area contributed by atoms with Crippen LogP contribution in [0, 0.1) is 5.92 Å². The minimum atomic E-state index is -4.30. The number of aliphatic carboxylic acids is 1. The van der Waals surface area contributed by atoms with Gasteiger partial charge in [0.15, 0.2) is 0 Å². The number of likely N-dealkylation sites (tertiary alicyclic amines) is 1. The van der Waals surface area contributed by atoms with Crippen LogP contribution >= 0.6 is 0 Å². The third-order valence-electron chi connectivity index (χ3n) is 3.53. The van der Waals surface area contributed by atoms with Gasteiger partial charge >= 0.3 is 12.1 Å². The third-order valence-corrected chi connectivity index (χ3v) is 3.53. The van der Waals surface area contributed by atoms with Gasteiger partial charge in [0.2, 0.25) is 0 Å². The molecule has 1 aromatic carbocycles. The standard InChI is InChI=1S/C14H16F3NO2/c15-14(16,17)12-3-1-10(2-4-12)7-11-5-6-18(8-11)9-13(19)20/h1-4,11H,5-9H2,(H,19,20). The Bertz CT molecular complexity index is 470. The van der Waals surface area contributed by atoms with E-state index in [9.17, 15) is 18.0 Å². The summed E-state index contributed by atoms with van der Waals surface area (Å²) in [5.41, 5.74) is 0.223. The fourth-order valence-electron chi connectivity index (χ4n) is 2.58. The van der Waals surface area contributed by atoms with E-state index in [0.717, 1.165) is 30.7 Å². The van der Waals surface area contributed by atoms with E-state index in [1.807, 2.05) is 4.90 Å². The van der Waals surface area contributed by atoms with Gasteiger partial charge in [-0.15, -0.1) is 0 Å². The van der Waals surface area contributed by atoms with E-state index in [1.165, 1.54) is 12.1 Å². The molecular formula is C14H16F3NO2. The maximum absolute atomic E-state index is 12.4. The number of carbonyl (C=O) groups is 1. The van der Waals surface area contributed by atoms with E-state index in [2.05, 4.69) is 0 Å². The van der Waals surface area contributed by atoms with Gasteiger partial charge in [0, 0.05) is 6.54 Å². The number of nitrogens with zero attached hydrogens (tertiary/aromatic N) is 1. The van der Waals surface area contributed by atoms with Crippen LogP contribution in [0.4, 0.5) is 13.2 Å². The molecular weight excluding hydrogens is 271 g/mol. The highest BCUT2D eigenvalue weighted by molar-refractivity contribution is 5.69. The van der Waals surface area contributed by atoms with Gasteiger partial charge in [-0.1, -0.05) is 12.1 Å². The Morgan fingerprint density at radius 2 is 1.95 bits per heavy atom. The number of hydrogen-bond donors (Lipinski definition) is 1. The Morgan fingerprint density at radius 1 is 1.30 bits per heavy atom. The summed E-state index contributed by atoms with van der Waals surface area (Å²) in [5.74, 6) is -0.536. The fraction of sp³-hybridized carbons (Fsp3) is 0.500. The second-order valence-electron chi connectivity index (χ2n) is 5.18. The molecule has 1 aliphatic heterocycles. The van der Waals surface area contributed by atoms with Gasteiger partial charge in [-0.2, -0.15) is 13.2 Å². The zero-order valence-corrected chi connectivity index (χ0v) is 10.9. The van der Waals surface area contributed by atoms with Crippen molar-refractivity contribution in [1.29, 1.82) is 0 Å². The first-order valence-corrected chi connectivity index (χ1v) is 6.45. The lowest BCUT2D eigenvalue weighted by Crippen LogP contribution is -2.27. The SMILES string of the molecule is O=C(O)CN1CCC(Cc2ccc(C(F)(F)F)cc2)C1. The van der Waals surface area contributed by atoms with Gasteiger partial charge in [0.05, 0.1) is 12.1 Å². The lowest BCUT2D eigenvalue weighted by atomic mass is 9.98. The van der Waals surface area contributed by atoms with Crippen LogP contribution in [-0.2, 0) is 17.4 Å². The van der Waals surface area contributed by atoms with E-state index in [-0.39, 0.29) is 6.54 Å². The summed E-state index contributed by atoms with van der Waals surface area (Å²) in [4.78, 5) is 12.5. The van der Waals surface area contributed by atoms with Crippen LogP contribution in [0.2, 0.25) is 0 Å². The molecule has 3 nitrogen and oxygen atoms in total. The van der Waals surface area contributed by atoms with Gasteiger partial charge in [-0.25, -0.2) is 0 Å². The van der Waals surface area contributed by atoms with E-state index >= 15 is 0 Å². The van der Waals surface area contributed by atoms with Gasteiger partial charge in [0.25, 0.3) is 0 Å². The first-order valence-electron chi connectivity index (χ1n) is 6.45. The van der Waals surface area contributed by atoms with Gasteiger partial charge < -0.3 is 5.11 Å². The van der Waals surface area contributed by atoms with Crippen molar-refractivity contribution in [3.63, 3.8) is 0 Å². The topological polar surface area (TPSA) is 40.5 Å². The monoisotopic (exact) mass is 287 g/mol. The molecule has 1 atom stereocenters. The summed E-state index contributed by atoms with van der Waals surface area (Å²) in [6.07, 6.45) is -2.73. The van der Waals surface area contributed by atoms with Gasteiger partial charge in [-0.05, 0) is 43.0 Å². The van der Waals surface area contributed by atoms with Crippen molar-refractivity contribution in [2.75, 3.05) is 19.6 Å². The second kappa shape index (κ2) is 5.83. The number of halogens is 3. The molecule has 0 bridgehead atoms. The average Bonchev–Trinajstić information content (AvgIpc) is 2.75. The number of hydrogen-bond acceptors (Lipinski definition) is 2. The summed E-state index contributed by atoms with van der Waals surface area (Å²) in [6.45, 7) is 1.45. The molecule has 0 spiro atoms. The summed E-state index contributed by atoms with van der Waals surface area (Å²) >= 11 is 0. The highest BCUT2D eigenvalue weighted by Gasteiger charge is 2.30. The minimum absolute atomic E-state index is 0.0313. The van der Waals surface area contributed by atoms with E-state index in [4.69, 9.17) is 5.11 Å². The van der Waals surface area contributed by atoms with Gasteiger partial charge in [-0.3, -0.25) is 9.69 Å². The van der Waals surface area contributed by atoms with E-state index < -0.39 is 17.7 Å². The predicted molar refractivity (Wildman–Crippen MR) is 67.3 cm³/mol. The van der Waals surface area contributed by atoms with Crippen molar-refractivity contribution in [2.45, 2.75) is 19.0 Å². The molecule has 1 heterocycles. The summed E-state index contributed by atoms with van der Waals surface area (Å²) in [7, 11) is 0. The Hall–Kier alpha value is -1.56. The number of rotatable bonds is 4. The molecule has 20 heavy (non-hydrogen) atoms. The largest absolute Gasteiger partial charge is 0.480 e. The number of alkyl halides is 3. The van der Waals surface area contributed by atoms with Crippen LogP contribution < -0.4 is 0 Å². The Labute approximate surface area is 115 Å². The zero-order chi connectivity index (χ0) is 14.8. The Balaban J connectivity index is 1.90. The van der Waals surface area contributed by atoms with Crippen LogP contribution in [0.15, 0.2) is 24.3 Å². The first kappa shape index (κ1) is 14.8. The maximum Gasteiger partial charge on any atom is 0.416 e. The predicted octanol–water partition coefficient (Wildman–Crippen LogP) is 2.65. The van der Waals surface area contributed by atoms with E-state index in [0.29, 0.717) is 18.9 Å². The number of carboxylic acids is 1. The molecule has 1 fully saturated rings. The Kier molecular flexibility index (Phi) is 4.32. The molecule has 1 saturated heterocycles. The third kappa shape index (κ3) is 3.96. The lowest BCUT2D eigenvalue weighted by molar-refractivity contribution is -0.138. The molecule has 1 unspecified atom stereocenters. The summed E-state index contributed by atoms with van der Waals surface area (Å²) in [6, 6.07) is 5.20. The number of carboxylic acid groups (broad SMARTS) is 1. The molecule has 1 aliphatic rings. The summed E-state index contributed by atoms with van der Waals surface area (Å²) in [5, 5.41) is 8.71. The fourth-order valence-corrected chi connectivity index (χ4v) is 2.58. The highest BCUT2D eigenvalue weighted by atomic mass is 19.4. The van der Waals surface area contributed by atoms with Crippen LogP contribution in [-0.4, -0.2) is 35.6 Å². The minimum Gasteiger partial charge on any atom is -0.480 e. The van der Waals surface area contributed by atoms with Crippen LogP contribution in [0.5, 0.6) is 0 Å². The van der Waals surface area contributed by atoms with Crippen molar-refractivity contribution in [3.8, 4) is 0 Å². The normalized spacial score (nSPS) is 20.2. The molecule has 0 aromatic heterocycles. The summed E-state index contributed by atoms with van der Waals surface area (Å²) < 4.78 is 37.3. The van der Waals surface area contributed by atoms with Crippen LogP contribution in [0.3, 0.4) is 0 Å². The van der Waals surface area contributed by atoms with Crippen LogP contribution in [0.1, 0.15) is 17.5 Å². The molecule has 2 rings (SSSR count). The molecule has 0 saturated carbocycles. The Morgan fingerprint density at radius 3 is 2.50 bits per heavy atom. The van der Waals surface area contributed by atoms with Crippen molar-refractivity contribution >= 4 is 5.97 Å². The van der Waals surface area contributed by atoms with Gasteiger partial charge in [0.1, 0.15) is 0 Å². The highest BCUT2D eigenvalue weighted by Crippen LogP contribution is 2.29. The van der Waals surface area contributed by atoms with Crippen molar-refractivity contribution in [2.24, 2.45) is 5.92 Å². The molecule has 1 N–H and O–H groups in total. The van der Waals surface area contributed by atoms with Crippen molar-refractivity contribution < 1.29 is 23.1 Å². The molecule has 0 radical (unpaired) electrons. The quantitative estimate of drug-likeness (QED) is 0.925. The number of benzene rings is 1. The second-order valence-corrected chi connectivity index (χ2v) is 5.18. The molecule has 0 amide bonds. The molecule has 0 aliphatic carbocycles. The zero-order valence-electron chi connectivity index (χ0n) is 10.9.